The van der Waals surface area contributed by atoms with Crippen LogP contribution in [0.25, 0.3) is 10.9 Å². The molecule has 2 nitrogen and oxygen atoms in total. The fourth-order valence-electron chi connectivity index (χ4n) is 1.87. The predicted molar refractivity (Wildman–Crippen MR) is 78.4 cm³/mol. The van der Waals surface area contributed by atoms with E-state index in [1.807, 2.05) is 24.3 Å². The Hall–Kier alpha value is -1.58. The molecule has 0 radical (unpaired) electrons. The highest BCUT2D eigenvalue weighted by Gasteiger charge is 2.02. The number of fused-ring (bicyclic) bond motifs is 1. The molecule has 0 aliphatic rings. The van der Waals surface area contributed by atoms with E-state index in [0.29, 0.717) is 5.02 Å². The molecule has 2 aromatic heterocycles. The summed E-state index contributed by atoms with van der Waals surface area (Å²) in [6.07, 6.45) is 1.80. The summed E-state index contributed by atoms with van der Waals surface area (Å²) >= 11 is 7.72. The summed E-state index contributed by atoms with van der Waals surface area (Å²) in [5.41, 5.74) is 2.00. The Morgan fingerprint density at radius 3 is 3.00 bits per heavy atom. The van der Waals surface area contributed by atoms with E-state index in [2.05, 4.69) is 27.8 Å². The van der Waals surface area contributed by atoms with Crippen molar-refractivity contribution in [1.82, 2.24) is 4.98 Å². The summed E-state index contributed by atoms with van der Waals surface area (Å²) in [6, 6.07) is 11.9. The van der Waals surface area contributed by atoms with Gasteiger partial charge in [0.25, 0.3) is 0 Å². The Balaban J connectivity index is 1.92. The number of rotatable bonds is 3. The average molecular weight is 275 g/mol. The summed E-state index contributed by atoms with van der Waals surface area (Å²) < 4.78 is 0. The number of benzene rings is 1. The van der Waals surface area contributed by atoms with Gasteiger partial charge >= 0.3 is 0 Å². The molecule has 0 bridgehead atoms. The molecule has 0 amide bonds. The molecule has 18 heavy (non-hydrogen) atoms. The zero-order chi connectivity index (χ0) is 12.4. The van der Waals surface area contributed by atoms with Gasteiger partial charge in [0.05, 0.1) is 5.52 Å². The summed E-state index contributed by atoms with van der Waals surface area (Å²) in [5, 5.41) is 7.33. The van der Waals surface area contributed by atoms with E-state index in [1.54, 1.807) is 17.5 Å². The van der Waals surface area contributed by atoms with Crippen LogP contribution in [0.2, 0.25) is 5.02 Å². The molecular formula is C14H11ClN2S. The van der Waals surface area contributed by atoms with E-state index in [0.717, 1.165) is 23.1 Å². The Kier molecular flexibility index (Phi) is 3.17. The number of aromatic nitrogens is 1. The number of nitrogens with one attached hydrogen (secondary N) is 1. The lowest BCUT2D eigenvalue weighted by Gasteiger charge is -2.08. The van der Waals surface area contributed by atoms with Gasteiger partial charge in [0.2, 0.25) is 0 Å². The summed E-state index contributed by atoms with van der Waals surface area (Å²) in [5.74, 6) is 0. The first kappa shape index (κ1) is 11.5. The van der Waals surface area contributed by atoms with Crippen molar-refractivity contribution in [3.05, 3.63) is 57.9 Å². The maximum atomic E-state index is 5.97. The minimum Gasteiger partial charge on any atom is -0.380 e. The normalized spacial score (nSPS) is 10.7. The molecule has 1 aromatic carbocycles. The second-order valence-electron chi connectivity index (χ2n) is 3.95. The Bertz CT molecular complexity index is 665. The number of hydrogen-bond donors (Lipinski definition) is 1. The average Bonchev–Trinajstić information content (AvgIpc) is 2.89. The molecule has 3 aromatic rings. The van der Waals surface area contributed by atoms with Crippen LogP contribution in [0, 0.1) is 0 Å². The lowest BCUT2D eigenvalue weighted by Crippen LogP contribution is -1.98. The van der Waals surface area contributed by atoms with Crippen LogP contribution in [0.5, 0.6) is 0 Å². The second-order valence-corrected chi connectivity index (χ2v) is 5.42. The fraction of sp³-hybridized carbons (Fsp3) is 0.0714. The molecule has 0 atom stereocenters. The lowest BCUT2D eigenvalue weighted by atomic mass is 10.2. The van der Waals surface area contributed by atoms with E-state index in [9.17, 15) is 0 Å². The first-order valence-corrected chi connectivity index (χ1v) is 6.89. The smallest absolute Gasteiger partial charge is 0.0737 e. The van der Waals surface area contributed by atoms with Crippen molar-refractivity contribution < 1.29 is 0 Å². The van der Waals surface area contributed by atoms with Crippen LogP contribution < -0.4 is 5.32 Å². The largest absolute Gasteiger partial charge is 0.380 e. The molecule has 1 N–H and O–H groups in total. The van der Waals surface area contributed by atoms with Crippen LogP contribution in [0.4, 0.5) is 5.69 Å². The van der Waals surface area contributed by atoms with Gasteiger partial charge in [-0.15, -0.1) is 11.3 Å². The van der Waals surface area contributed by atoms with Crippen molar-refractivity contribution in [3.8, 4) is 0 Å². The third-order valence-corrected chi connectivity index (χ3v) is 3.85. The van der Waals surface area contributed by atoms with Crippen molar-refractivity contribution in [2.75, 3.05) is 5.32 Å². The number of anilines is 1. The topological polar surface area (TPSA) is 24.9 Å². The molecule has 0 unspecified atom stereocenters. The van der Waals surface area contributed by atoms with E-state index in [-0.39, 0.29) is 0 Å². The molecule has 2 heterocycles. The van der Waals surface area contributed by atoms with E-state index in [4.69, 9.17) is 11.6 Å². The van der Waals surface area contributed by atoms with Gasteiger partial charge in [0.15, 0.2) is 0 Å². The predicted octanol–water partition coefficient (Wildman–Crippen LogP) is 4.56. The minimum absolute atomic E-state index is 0.713. The number of halogens is 1. The van der Waals surface area contributed by atoms with Crippen LogP contribution in [0.1, 0.15) is 4.88 Å². The number of thiophene rings is 1. The molecule has 3 rings (SSSR count). The van der Waals surface area contributed by atoms with Gasteiger partial charge in [-0.2, -0.15) is 0 Å². The van der Waals surface area contributed by atoms with Crippen LogP contribution in [-0.4, -0.2) is 4.98 Å². The SMILES string of the molecule is Clc1ccc2c(NCc3cccs3)ccnc2c1. The van der Waals surface area contributed by atoms with Crippen molar-refractivity contribution in [2.24, 2.45) is 0 Å². The highest BCUT2D eigenvalue weighted by atomic mass is 35.5. The summed E-state index contributed by atoms with van der Waals surface area (Å²) in [6.45, 7) is 0.833. The maximum absolute atomic E-state index is 5.97. The first-order valence-electron chi connectivity index (χ1n) is 5.63. The minimum atomic E-state index is 0.713. The van der Waals surface area contributed by atoms with Gasteiger partial charge in [-0.05, 0) is 35.7 Å². The lowest BCUT2D eigenvalue weighted by molar-refractivity contribution is 1.19. The molecule has 0 saturated heterocycles. The van der Waals surface area contributed by atoms with Gasteiger partial charge in [0, 0.05) is 33.7 Å². The van der Waals surface area contributed by atoms with Crippen LogP contribution in [0.3, 0.4) is 0 Å². The zero-order valence-corrected chi connectivity index (χ0v) is 11.1. The molecule has 0 saturated carbocycles. The number of hydrogen-bond acceptors (Lipinski definition) is 3. The summed E-state index contributed by atoms with van der Waals surface area (Å²) in [7, 11) is 0. The fourth-order valence-corrected chi connectivity index (χ4v) is 2.68. The van der Waals surface area contributed by atoms with Gasteiger partial charge < -0.3 is 5.32 Å². The molecule has 4 heteroatoms. The second kappa shape index (κ2) is 4.96. The maximum Gasteiger partial charge on any atom is 0.0737 e. The third kappa shape index (κ3) is 2.33. The standard InChI is InChI=1S/C14H11ClN2S/c15-10-3-4-12-13(5-6-16-14(12)8-10)17-9-11-2-1-7-18-11/h1-8H,9H2,(H,16,17). The first-order chi connectivity index (χ1) is 8.83. The van der Waals surface area contributed by atoms with Gasteiger partial charge in [-0.1, -0.05) is 17.7 Å². The van der Waals surface area contributed by atoms with E-state index >= 15 is 0 Å². The van der Waals surface area contributed by atoms with Crippen molar-refractivity contribution in [2.45, 2.75) is 6.54 Å². The van der Waals surface area contributed by atoms with Crippen molar-refractivity contribution in [3.63, 3.8) is 0 Å². The Morgan fingerprint density at radius 1 is 1.22 bits per heavy atom. The molecule has 0 aliphatic carbocycles. The van der Waals surface area contributed by atoms with Gasteiger partial charge in [-0.3, -0.25) is 4.98 Å². The zero-order valence-electron chi connectivity index (χ0n) is 9.56. The highest BCUT2D eigenvalue weighted by Crippen LogP contribution is 2.25. The molecule has 90 valence electrons. The molecule has 0 spiro atoms. The third-order valence-electron chi connectivity index (χ3n) is 2.74. The molecule has 0 fully saturated rings. The number of nitrogens with zero attached hydrogens (tertiary/aromatic N) is 1. The Labute approximate surface area is 114 Å². The van der Waals surface area contributed by atoms with E-state index < -0.39 is 0 Å². The van der Waals surface area contributed by atoms with Crippen LogP contribution >= 0.6 is 22.9 Å². The monoisotopic (exact) mass is 274 g/mol. The quantitative estimate of drug-likeness (QED) is 0.757. The molecular weight excluding hydrogens is 264 g/mol. The van der Waals surface area contributed by atoms with Crippen LogP contribution in [0.15, 0.2) is 48.0 Å². The highest BCUT2D eigenvalue weighted by molar-refractivity contribution is 7.09. The Morgan fingerprint density at radius 2 is 2.17 bits per heavy atom. The number of pyridine rings is 1. The summed E-state index contributed by atoms with van der Waals surface area (Å²) in [4.78, 5) is 5.64. The van der Waals surface area contributed by atoms with Crippen molar-refractivity contribution >= 4 is 39.5 Å². The molecule has 0 aliphatic heterocycles. The van der Waals surface area contributed by atoms with Gasteiger partial charge in [0.1, 0.15) is 0 Å². The van der Waals surface area contributed by atoms with Crippen LogP contribution in [-0.2, 0) is 6.54 Å². The van der Waals surface area contributed by atoms with Gasteiger partial charge in [-0.25, -0.2) is 0 Å². The van der Waals surface area contributed by atoms with E-state index in [1.165, 1.54) is 4.88 Å². The van der Waals surface area contributed by atoms with Crippen molar-refractivity contribution in [1.29, 1.82) is 0 Å².